The Bertz CT molecular complexity index is 370. The first-order valence-electron chi connectivity index (χ1n) is 5.03. The van der Waals surface area contributed by atoms with Crippen LogP contribution in [0.1, 0.15) is 19.4 Å². The lowest BCUT2D eigenvalue weighted by Crippen LogP contribution is -2.18. The number of methoxy groups -OCH3 is 1. The zero-order valence-electron chi connectivity index (χ0n) is 9.74. The largest absolute Gasteiger partial charge is 0.494 e. The summed E-state index contributed by atoms with van der Waals surface area (Å²) in [6, 6.07) is 5.86. The number of nitrogens with zero attached hydrogens (tertiary/aromatic N) is 1. The smallest absolute Gasteiger partial charge is 0.144 e. The van der Waals surface area contributed by atoms with Gasteiger partial charge >= 0.3 is 0 Å². The van der Waals surface area contributed by atoms with E-state index in [0.29, 0.717) is 5.84 Å². The van der Waals surface area contributed by atoms with Crippen LogP contribution in [0.2, 0.25) is 0 Å². The molecule has 1 rings (SSSR count). The van der Waals surface area contributed by atoms with Crippen LogP contribution in [-0.4, -0.2) is 12.9 Å². The van der Waals surface area contributed by atoms with E-state index in [4.69, 9.17) is 10.5 Å². The van der Waals surface area contributed by atoms with Crippen LogP contribution in [0.3, 0.4) is 0 Å². The van der Waals surface area contributed by atoms with E-state index in [0.717, 1.165) is 17.0 Å². The monoisotopic (exact) mass is 206 g/mol. The van der Waals surface area contributed by atoms with Gasteiger partial charge < -0.3 is 10.5 Å². The van der Waals surface area contributed by atoms with Gasteiger partial charge in [-0.3, -0.25) is 0 Å². The van der Waals surface area contributed by atoms with E-state index >= 15 is 0 Å². The van der Waals surface area contributed by atoms with Crippen molar-refractivity contribution >= 4 is 11.5 Å². The van der Waals surface area contributed by atoms with Crippen molar-refractivity contribution in [1.82, 2.24) is 0 Å². The molecule has 3 nitrogen and oxygen atoms in total. The Morgan fingerprint density at radius 1 is 1.40 bits per heavy atom. The number of hydrogen-bond acceptors (Lipinski definition) is 2. The molecule has 0 saturated heterocycles. The van der Waals surface area contributed by atoms with Crippen molar-refractivity contribution in [2.45, 2.75) is 20.8 Å². The van der Waals surface area contributed by atoms with Gasteiger partial charge in [0.05, 0.1) is 7.11 Å². The number of nitrogens with two attached hydrogens (primary N) is 1. The van der Waals surface area contributed by atoms with Crippen LogP contribution in [0.25, 0.3) is 0 Å². The van der Waals surface area contributed by atoms with E-state index in [1.54, 1.807) is 7.11 Å². The molecular weight excluding hydrogens is 188 g/mol. The predicted octanol–water partition coefficient (Wildman–Crippen LogP) is 2.65. The molecule has 82 valence electrons. The van der Waals surface area contributed by atoms with Crippen molar-refractivity contribution in [2.75, 3.05) is 7.11 Å². The SMILES string of the molecule is COc1ccc(C)cc1N=C(N)C(C)C. The molecule has 0 aliphatic carbocycles. The Balaban J connectivity index is 3.12. The maximum absolute atomic E-state index is 5.82. The van der Waals surface area contributed by atoms with Crippen molar-refractivity contribution < 1.29 is 4.74 Å². The van der Waals surface area contributed by atoms with Gasteiger partial charge in [-0.15, -0.1) is 0 Å². The Morgan fingerprint density at radius 2 is 2.07 bits per heavy atom. The van der Waals surface area contributed by atoms with Gasteiger partial charge in [-0.2, -0.15) is 0 Å². The molecule has 2 N–H and O–H groups in total. The lowest BCUT2D eigenvalue weighted by Gasteiger charge is -2.08. The lowest BCUT2D eigenvalue weighted by atomic mass is 10.2. The van der Waals surface area contributed by atoms with Gasteiger partial charge in [-0.05, 0) is 24.6 Å². The Hall–Kier alpha value is -1.51. The van der Waals surface area contributed by atoms with E-state index in [9.17, 15) is 0 Å². The van der Waals surface area contributed by atoms with E-state index in [-0.39, 0.29) is 5.92 Å². The summed E-state index contributed by atoms with van der Waals surface area (Å²) < 4.78 is 5.22. The zero-order valence-corrected chi connectivity index (χ0v) is 9.74. The summed E-state index contributed by atoms with van der Waals surface area (Å²) in [4.78, 5) is 4.36. The minimum Gasteiger partial charge on any atom is -0.494 e. The van der Waals surface area contributed by atoms with Gasteiger partial charge in [0.1, 0.15) is 17.3 Å². The molecule has 0 aliphatic heterocycles. The summed E-state index contributed by atoms with van der Waals surface area (Å²) in [6.45, 7) is 6.05. The molecule has 0 heterocycles. The standard InChI is InChI=1S/C12H18N2O/c1-8(2)12(13)14-10-7-9(3)5-6-11(10)15-4/h5-8H,1-4H3,(H2,13,14). The van der Waals surface area contributed by atoms with E-state index in [2.05, 4.69) is 4.99 Å². The molecule has 0 atom stereocenters. The molecule has 0 radical (unpaired) electrons. The first kappa shape index (κ1) is 11.6. The fraction of sp³-hybridized carbons (Fsp3) is 0.417. The summed E-state index contributed by atoms with van der Waals surface area (Å²) in [5, 5.41) is 0. The molecule has 0 bridgehead atoms. The minimum absolute atomic E-state index is 0.246. The summed E-state index contributed by atoms with van der Waals surface area (Å²) >= 11 is 0. The molecule has 0 unspecified atom stereocenters. The fourth-order valence-corrected chi connectivity index (χ4v) is 1.16. The maximum atomic E-state index is 5.82. The zero-order chi connectivity index (χ0) is 11.4. The van der Waals surface area contributed by atoms with E-state index < -0.39 is 0 Å². The van der Waals surface area contributed by atoms with Gasteiger partial charge in [0.2, 0.25) is 0 Å². The van der Waals surface area contributed by atoms with Crippen LogP contribution < -0.4 is 10.5 Å². The maximum Gasteiger partial charge on any atom is 0.144 e. The third kappa shape index (κ3) is 2.98. The van der Waals surface area contributed by atoms with Crippen LogP contribution in [0, 0.1) is 12.8 Å². The van der Waals surface area contributed by atoms with Gasteiger partial charge in [-0.25, -0.2) is 4.99 Å². The normalized spacial score (nSPS) is 11.9. The molecule has 0 spiro atoms. The van der Waals surface area contributed by atoms with Gasteiger partial charge in [0, 0.05) is 5.92 Å². The molecule has 1 aromatic carbocycles. The number of aliphatic imine (C=N–C) groups is 1. The number of aryl methyl sites for hydroxylation is 1. The summed E-state index contributed by atoms with van der Waals surface area (Å²) in [7, 11) is 1.63. The summed E-state index contributed by atoms with van der Waals surface area (Å²) in [5.74, 6) is 1.62. The highest BCUT2D eigenvalue weighted by Gasteiger charge is 2.04. The molecule has 3 heteroatoms. The third-order valence-electron chi connectivity index (χ3n) is 2.18. The molecule has 0 saturated carbocycles. The molecule has 0 amide bonds. The summed E-state index contributed by atoms with van der Waals surface area (Å²) in [6.07, 6.45) is 0. The molecule has 0 fully saturated rings. The molecule has 15 heavy (non-hydrogen) atoms. The Labute approximate surface area is 91.0 Å². The van der Waals surface area contributed by atoms with Crippen molar-refractivity contribution in [3.05, 3.63) is 23.8 Å². The predicted molar refractivity (Wildman–Crippen MR) is 63.9 cm³/mol. The van der Waals surface area contributed by atoms with Crippen molar-refractivity contribution in [3.8, 4) is 5.75 Å². The number of hydrogen-bond donors (Lipinski definition) is 1. The van der Waals surface area contributed by atoms with Crippen molar-refractivity contribution in [2.24, 2.45) is 16.6 Å². The molecule has 0 aromatic heterocycles. The highest BCUT2D eigenvalue weighted by molar-refractivity contribution is 5.85. The van der Waals surface area contributed by atoms with Crippen LogP contribution >= 0.6 is 0 Å². The fourth-order valence-electron chi connectivity index (χ4n) is 1.16. The number of ether oxygens (including phenoxy) is 1. The van der Waals surface area contributed by atoms with E-state index in [1.807, 2.05) is 39.0 Å². The molecular formula is C12H18N2O. The van der Waals surface area contributed by atoms with Gasteiger partial charge in [0.15, 0.2) is 0 Å². The minimum atomic E-state index is 0.246. The number of rotatable bonds is 3. The molecule has 1 aromatic rings. The van der Waals surface area contributed by atoms with Gasteiger partial charge in [0.25, 0.3) is 0 Å². The summed E-state index contributed by atoms with van der Waals surface area (Å²) in [5.41, 5.74) is 7.76. The quantitative estimate of drug-likeness (QED) is 0.610. The first-order valence-corrected chi connectivity index (χ1v) is 5.03. The van der Waals surface area contributed by atoms with Crippen molar-refractivity contribution in [1.29, 1.82) is 0 Å². The second kappa shape index (κ2) is 4.82. The van der Waals surface area contributed by atoms with Crippen LogP contribution in [0.15, 0.2) is 23.2 Å². The van der Waals surface area contributed by atoms with Gasteiger partial charge in [-0.1, -0.05) is 19.9 Å². The lowest BCUT2D eigenvalue weighted by molar-refractivity contribution is 0.416. The Kier molecular flexibility index (Phi) is 3.72. The highest BCUT2D eigenvalue weighted by atomic mass is 16.5. The number of amidine groups is 1. The average molecular weight is 206 g/mol. The second-order valence-electron chi connectivity index (χ2n) is 3.87. The number of benzene rings is 1. The molecule has 0 aliphatic rings. The Morgan fingerprint density at radius 3 is 2.60 bits per heavy atom. The average Bonchev–Trinajstić information content (AvgIpc) is 2.18. The third-order valence-corrected chi connectivity index (χ3v) is 2.18. The van der Waals surface area contributed by atoms with Crippen LogP contribution in [0.5, 0.6) is 5.75 Å². The highest BCUT2D eigenvalue weighted by Crippen LogP contribution is 2.28. The van der Waals surface area contributed by atoms with Crippen LogP contribution in [0.4, 0.5) is 5.69 Å². The second-order valence-corrected chi connectivity index (χ2v) is 3.87. The van der Waals surface area contributed by atoms with Crippen molar-refractivity contribution in [3.63, 3.8) is 0 Å². The van der Waals surface area contributed by atoms with E-state index in [1.165, 1.54) is 0 Å². The topological polar surface area (TPSA) is 47.6 Å². The van der Waals surface area contributed by atoms with Crippen LogP contribution in [-0.2, 0) is 0 Å². The first-order chi connectivity index (χ1) is 7.04.